The van der Waals surface area contributed by atoms with Gasteiger partial charge in [-0.05, 0) is 59.3 Å². The molecule has 2 atom stereocenters. The summed E-state index contributed by atoms with van der Waals surface area (Å²) < 4.78 is 41.5. The van der Waals surface area contributed by atoms with Crippen LogP contribution in [0.15, 0.2) is 10.6 Å². The summed E-state index contributed by atoms with van der Waals surface area (Å²) >= 11 is 0. The van der Waals surface area contributed by atoms with Crippen LogP contribution in [0.1, 0.15) is 90.5 Å². The van der Waals surface area contributed by atoms with Gasteiger partial charge in [0.1, 0.15) is 10.5 Å². The first-order valence-electron chi connectivity index (χ1n) is 11.6. The highest BCUT2D eigenvalue weighted by Crippen LogP contribution is 2.41. The highest BCUT2D eigenvalue weighted by atomic mass is 32.2. The van der Waals surface area contributed by atoms with Crippen LogP contribution >= 0.6 is 0 Å². The molecular formula is C23H37NO6S. The number of hydrogen-bond acceptors (Lipinski definition) is 7. The molecule has 1 saturated heterocycles. The highest BCUT2D eigenvalue weighted by molar-refractivity contribution is 7.94. The molecule has 8 heteroatoms. The van der Waals surface area contributed by atoms with Crippen molar-refractivity contribution in [2.24, 2.45) is 0 Å². The zero-order valence-corrected chi connectivity index (χ0v) is 20.1. The standard InChI is InChI=1S/C23H37NO6S/c1-5-17(2)31(26,27)22(3,4)20(25)15-18-14-19(24-30-18)23(11-7-8-12-23)16-29-21-10-6-9-13-28-21/h14,17,21H,5-13,15-16H2,1-4H3/t17-,21?/m0/s1. The molecule has 31 heavy (non-hydrogen) atoms. The largest absolute Gasteiger partial charge is 0.361 e. The van der Waals surface area contributed by atoms with Gasteiger partial charge in [-0.25, -0.2) is 8.42 Å². The SMILES string of the molecule is CC[C@H](C)S(=O)(=O)C(C)(C)C(=O)Cc1cc(C2(COC3CCCCO3)CCCC2)no1. The van der Waals surface area contributed by atoms with Gasteiger partial charge >= 0.3 is 0 Å². The van der Waals surface area contributed by atoms with Crippen molar-refractivity contribution in [2.45, 2.75) is 107 Å². The third-order valence-electron chi connectivity index (χ3n) is 7.17. The first-order chi connectivity index (χ1) is 14.6. The van der Waals surface area contributed by atoms with Crippen molar-refractivity contribution >= 4 is 15.6 Å². The lowest BCUT2D eigenvalue weighted by atomic mass is 9.83. The van der Waals surface area contributed by atoms with Crippen LogP contribution in [-0.2, 0) is 35.9 Å². The Morgan fingerprint density at radius 2 is 2.00 bits per heavy atom. The quantitative estimate of drug-likeness (QED) is 0.523. The minimum Gasteiger partial charge on any atom is -0.361 e. The molecule has 0 bridgehead atoms. The van der Waals surface area contributed by atoms with Crippen molar-refractivity contribution in [1.29, 1.82) is 0 Å². The van der Waals surface area contributed by atoms with E-state index in [1.165, 1.54) is 13.8 Å². The smallest absolute Gasteiger partial charge is 0.165 e. The molecule has 7 nitrogen and oxygen atoms in total. The van der Waals surface area contributed by atoms with Gasteiger partial charge in [0.05, 0.1) is 24.0 Å². The Kier molecular flexibility index (Phi) is 7.64. The van der Waals surface area contributed by atoms with E-state index in [4.69, 9.17) is 14.0 Å². The third kappa shape index (κ3) is 5.06. The Bertz CT molecular complexity index is 847. The van der Waals surface area contributed by atoms with Crippen LogP contribution in [0.25, 0.3) is 0 Å². The predicted octanol–water partition coefficient (Wildman–Crippen LogP) is 4.13. The van der Waals surface area contributed by atoms with E-state index in [9.17, 15) is 13.2 Å². The summed E-state index contributed by atoms with van der Waals surface area (Å²) in [6, 6.07) is 1.82. The number of hydrogen-bond donors (Lipinski definition) is 0. The van der Waals surface area contributed by atoms with Crippen LogP contribution in [0.5, 0.6) is 0 Å². The van der Waals surface area contributed by atoms with Crippen LogP contribution in [0, 0.1) is 0 Å². The maximum absolute atomic E-state index is 12.9. The van der Waals surface area contributed by atoms with Crippen LogP contribution in [0.2, 0.25) is 0 Å². The number of ketones is 1. The molecule has 1 unspecified atom stereocenters. The number of carbonyl (C=O) groups is 1. The monoisotopic (exact) mass is 455 g/mol. The van der Waals surface area contributed by atoms with Gasteiger partial charge in [-0.2, -0.15) is 0 Å². The summed E-state index contributed by atoms with van der Waals surface area (Å²) in [4.78, 5) is 12.9. The number of sulfone groups is 1. The van der Waals surface area contributed by atoms with Gasteiger partial charge in [0.15, 0.2) is 21.9 Å². The Hall–Kier alpha value is -1.25. The molecule has 1 aliphatic heterocycles. The molecule has 0 aromatic carbocycles. The van der Waals surface area contributed by atoms with Gasteiger partial charge in [-0.15, -0.1) is 0 Å². The van der Waals surface area contributed by atoms with Crippen molar-refractivity contribution in [3.05, 3.63) is 17.5 Å². The fourth-order valence-electron chi connectivity index (χ4n) is 4.52. The second kappa shape index (κ2) is 9.71. The first kappa shape index (κ1) is 24.4. The molecule has 1 saturated carbocycles. The molecule has 1 aliphatic carbocycles. The van der Waals surface area contributed by atoms with Crippen molar-refractivity contribution in [2.75, 3.05) is 13.2 Å². The lowest BCUT2D eigenvalue weighted by molar-refractivity contribution is -0.172. The third-order valence-corrected chi connectivity index (χ3v) is 10.2. The molecule has 2 fully saturated rings. The topological polar surface area (TPSA) is 95.7 Å². The Labute approximate surface area is 186 Å². The Morgan fingerprint density at radius 3 is 2.61 bits per heavy atom. The summed E-state index contributed by atoms with van der Waals surface area (Å²) in [5.41, 5.74) is 0.565. The summed E-state index contributed by atoms with van der Waals surface area (Å²) in [6.45, 7) is 7.70. The fourth-order valence-corrected chi connectivity index (χ4v) is 6.35. The van der Waals surface area contributed by atoms with Crippen LogP contribution in [0.4, 0.5) is 0 Å². The molecule has 2 heterocycles. The maximum atomic E-state index is 12.9. The number of carbonyl (C=O) groups excluding carboxylic acids is 1. The van der Waals surface area contributed by atoms with Crippen molar-refractivity contribution < 1.29 is 27.2 Å². The van der Waals surface area contributed by atoms with E-state index in [1.807, 2.05) is 13.0 Å². The van der Waals surface area contributed by atoms with Crippen LogP contribution in [0.3, 0.4) is 0 Å². The summed E-state index contributed by atoms with van der Waals surface area (Å²) in [6.07, 6.45) is 7.42. The number of nitrogens with zero attached hydrogens (tertiary/aromatic N) is 1. The van der Waals surface area contributed by atoms with E-state index in [1.54, 1.807) is 6.92 Å². The minimum atomic E-state index is -3.60. The zero-order chi connectivity index (χ0) is 22.7. The van der Waals surface area contributed by atoms with Gasteiger partial charge in [-0.1, -0.05) is 24.9 Å². The van der Waals surface area contributed by atoms with Crippen LogP contribution < -0.4 is 0 Å². The minimum absolute atomic E-state index is 0.0850. The normalized spacial score (nSPS) is 23.0. The lowest BCUT2D eigenvalue weighted by Crippen LogP contribution is -2.45. The molecule has 0 amide bonds. The summed E-state index contributed by atoms with van der Waals surface area (Å²) in [5.74, 6) is 0.0374. The number of aromatic nitrogens is 1. The average Bonchev–Trinajstić information content (AvgIpc) is 3.42. The zero-order valence-electron chi connectivity index (χ0n) is 19.3. The van der Waals surface area contributed by atoms with Gasteiger partial charge in [0.2, 0.25) is 0 Å². The van der Waals surface area contributed by atoms with E-state index >= 15 is 0 Å². The molecule has 3 rings (SSSR count). The molecule has 1 aromatic rings. The number of Topliss-reactive ketones (excluding diaryl/α,β-unsaturated/α-hetero) is 1. The molecule has 176 valence electrons. The predicted molar refractivity (Wildman–Crippen MR) is 118 cm³/mol. The molecule has 0 spiro atoms. The maximum Gasteiger partial charge on any atom is 0.165 e. The molecular weight excluding hydrogens is 418 g/mol. The number of ether oxygens (including phenoxy) is 2. The van der Waals surface area contributed by atoms with Crippen molar-refractivity contribution in [3.63, 3.8) is 0 Å². The van der Waals surface area contributed by atoms with E-state index in [0.717, 1.165) is 57.2 Å². The molecule has 0 radical (unpaired) electrons. The molecule has 1 aromatic heterocycles. The van der Waals surface area contributed by atoms with E-state index in [-0.39, 0.29) is 23.9 Å². The fraction of sp³-hybridized carbons (Fsp3) is 0.826. The van der Waals surface area contributed by atoms with E-state index in [2.05, 4.69) is 5.16 Å². The second-order valence-corrected chi connectivity index (χ2v) is 12.6. The lowest BCUT2D eigenvalue weighted by Gasteiger charge is -2.30. The van der Waals surface area contributed by atoms with Gasteiger partial charge in [0, 0.05) is 18.1 Å². The Balaban J connectivity index is 1.71. The first-order valence-corrected chi connectivity index (χ1v) is 13.1. The molecule has 0 N–H and O–H groups in total. The van der Waals surface area contributed by atoms with Gasteiger partial charge in [-0.3, -0.25) is 4.79 Å². The average molecular weight is 456 g/mol. The van der Waals surface area contributed by atoms with E-state index in [0.29, 0.717) is 18.8 Å². The highest BCUT2D eigenvalue weighted by Gasteiger charge is 2.45. The van der Waals surface area contributed by atoms with Crippen LogP contribution in [-0.4, -0.2) is 48.9 Å². The van der Waals surface area contributed by atoms with Crippen molar-refractivity contribution in [3.8, 4) is 0 Å². The number of rotatable bonds is 10. The Morgan fingerprint density at radius 1 is 1.29 bits per heavy atom. The second-order valence-electron chi connectivity index (χ2n) is 9.65. The summed E-state index contributed by atoms with van der Waals surface area (Å²) in [5, 5.41) is 3.71. The molecule has 2 aliphatic rings. The summed E-state index contributed by atoms with van der Waals surface area (Å²) in [7, 11) is -3.60. The van der Waals surface area contributed by atoms with Crippen molar-refractivity contribution in [1.82, 2.24) is 5.16 Å². The van der Waals surface area contributed by atoms with Gasteiger partial charge in [0.25, 0.3) is 0 Å². The van der Waals surface area contributed by atoms with Gasteiger partial charge < -0.3 is 14.0 Å². The van der Waals surface area contributed by atoms with E-state index < -0.39 is 19.8 Å².